The first-order valence-corrected chi connectivity index (χ1v) is 7.90. The van der Waals surface area contributed by atoms with Gasteiger partial charge in [0.05, 0.1) is 6.61 Å². The smallest absolute Gasteiger partial charge is 0.408 e. The van der Waals surface area contributed by atoms with Gasteiger partial charge in [0.25, 0.3) is 0 Å². The van der Waals surface area contributed by atoms with Gasteiger partial charge in [0, 0.05) is 6.54 Å². The molecule has 0 aromatic carbocycles. The van der Waals surface area contributed by atoms with Crippen LogP contribution in [0.5, 0.6) is 0 Å². The third-order valence-corrected chi connectivity index (χ3v) is 2.71. The molecule has 0 saturated heterocycles. The van der Waals surface area contributed by atoms with Crippen molar-refractivity contribution >= 4 is 18.2 Å². The minimum absolute atomic E-state index is 0.181. The van der Waals surface area contributed by atoms with Gasteiger partial charge in [-0.15, -0.1) is 0 Å². The zero-order chi connectivity index (χ0) is 18.6. The van der Waals surface area contributed by atoms with E-state index >= 15 is 0 Å². The minimum atomic E-state index is -1.13. The van der Waals surface area contributed by atoms with Gasteiger partial charge < -0.3 is 25.2 Å². The number of unbranched alkanes of at least 4 members (excludes halogenated alkanes) is 1. The van der Waals surface area contributed by atoms with E-state index in [0.717, 1.165) is 0 Å². The average Bonchev–Trinajstić information content (AvgIpc) is 2.43. The van der Waals surface area contributed by atoms with Crippen LogP contribution in [0, 0.1) is 0 Å². The molecule has 24 heavy (non-hydrogen) atoms. The van der Waals surface area contributed by atoms with Gasteiger partial charge in [-0.25, -0.2) is 14.4 Å². The predicted octanol–water partition coefficient (Wildman–Crippen LogP) is 2.44. The Morgan fingerprint density at radius 1 is 1.17 bits per heavy atom. The Balaban J connectivity index is 4.00. The molecule has 0 radical (unpaired) electrons. The van der Waals surface area contributed by atoms with Crippen molar-refractivity contribution in [2.75, 3.05) is 13.2 Å². The Morgan fingerprint density at radius 2 is 1.83 bits per heavy atom. The lowest BCUT2D eigenvalue weighted by Crippen LogP contribution is -2.43. The van der Waals surface area contributed by atoms with Gasteiger partial charge in [-0.1, -0.05) is 12.2 Å². The number of carboxylic acids is 1. The van der Waals surface area contributed by atoms with Gasteiger partial charge in [-0.05, 0) is 47.0 Å². The monoisotopic (exact) mass is 344 g/mol. The lowest BCUT2D eigenvalue weighted by atomic mass is 10.1. The fourth-order valence-electron chi connectivity index (χ4n) is 1.63. The van der Waals surface area contributed by atoms with Crippen LogP contribution >= 0.6 is 0 Å². The number of nitrogens with one attached hydrogen (secondary N) is 2. The highest BCUT2D eigenvalue weighted by molar-refractivity contribution is 5.79. The summed E-state index contributed by atoms with van der Waals surface area (Å²) in [6.45, 7) is 7.51. The zero-order valence-corrected chi connectivity index (χ0v) is 14.8. The zero-order valence-electron chi connectivity index (χ0n) is 14.8. The molecule has 0 heterocycles. The summed E-state index contributed by atoms with van der Waals surface area (Å²) in [4.78, 5) is 34.0. The number of carbonyl (C=O) groups excluding carboxylic acids is 2. The molecule has 138 valence electrons. The molecule has 3 N–H and O–H groups in total. The number of carbonyl (C=O) groups is 3. The van der Waals surface area contributed by atoms with E-state index in [4.69, 9.17) is 14.6 Å². The molecule has 0 spiro atoms. The molecule has 0 rings (SSSR count). The molecule has 0 aromatic heterocycles. The van der Waals surface area contributed by atoms with Crippen molar-refractivity contribution in [1.82, 2.24) is 10.6 Å². The first-order valence-electron chi connectivity index (χ1n) is 7.90. The summed E-state index contributed by atoms with van der Waals surface area (Å²) in [6, 6.07) is -1.04. The van der Waals surface area contributed by atoms with Gasteiger partial charge in [0.1, 0.15) is 11.6 Å². The molecule has 0 aromatic rings. The molecule has 0 fully saturated rings. The predicted molar refractivity (Wildman–Crippen MR) is 88.8 cm³/mol. The van der Waals surface area contributed by atoms with Crippen molar-refractivity contribution in [3.8, 4) is 0 Å². The van der Waals surface area contributed by atoms with Gasteiger partial charge in [-0.3, -0.25) is 0 Å². The number of alkyl carbamates (subject to hydrolysis) is 2. The van der Waals surface area contributed by atoms with E-state index in [1.54, 1.807) is 26.8 Å². The summed E-state index contributed by atoms with van der Waals surface area (Å²) in [5.74, 6) is -1.13. The Labute approximate surface area is 142 Å². The van der Waals surface area contributed by atoms with E-state index in [2.05, 4.69) is 10.6 Å². The summed E-state index contributed by atoms with van der Waals surface area (Å²) >= 11 is 0. The van der Waals surface area contributed by atoms with E-state index < -0.39 is 29.8 Å². The van der Waals surface area contributed by atoms with Crippen LogP contribution in [0.2, 0.25) is 0 Å². The fourth-order valence-corrected chi connectivity index (χ4v) is 1.63. The second-order valence-electron chi connectivity index (χ2n) is 6.12. The molecule has 0 aliphatic carbocycles. The summed E-state index contributed by atoms with van der Waals surface area (Å²) < 4.78 is 9.96. The average molecular weight is 344 g/mol. The SMILES string of the molecule is C/C=C/CNC(=O)OCCCC[C@H](NC(=O)OC(C)(C)C)C(=O)O. The lowest BCUT2D eigenvalue weighted by Gasteiger charge is -2.22. The Morgan fingerprint density at radius 3 is 2.38 bits per heavy atom. The van der Waals surface area contributed by atoms with Crippen molar-refractivity contribution < 1.29 is 29.0 Å². The number of hydrogen-bond acceptors (Lipinski definition) is 5. The number of allylic oxidation sites excluding steroid dienone is 1. The molecule has 8 nitrogen and oxygen atoms in total. The quantitative estimate of drug-likeness (QED) is 0.437. The molecule has 0 aliphatic rings. The van der Waals surface area contributed by atoms with Crippen LogP contribution in [-0.4, -0.2) is 48.1 Å². The molecular formula is C16H28N2O6. The molecule has 0 bridgehead atoms. The van der Waals surface area contributed by atoms with E-state index in [9.17, 15) is 14.4 Å². The number of rotatable bonds is 9. The van der Waals surface area contributed by atoms with Crippen molar-refractivity contribution in [1.29, 1.82) is 0 Å². The molecular weight excluding hydrogens is 316 g/mol. The van der Waals surface area contributed by atoms with E-state index in [1.165, 1.54) is 0 Å². The van der Waals surface area contributed by atoms with Crippen LogP contribution in [0.15, 0.2) is 12.2 Å². The number of hydrogen-bond donors (Lipinski definition) is 3. The maximum Gasteiger partial charge on any atom is 0.408 e. The minimum Gasteiger partial charge on any atom is -0.480 e. The summed E-state index contributed by atoms with van der Waals surface area (Å²) in [5, 5.41) is 14.0. The highest BCUT2D eigenvalue weighted by Crippen LogP contribution is 2.08. The summed E-state index contributed by atoms with van der Waals surface area (Å²) in [6.07, 6.45) is 3.50. The van der Waals surface area contributed by atoms with Crippen LogP contribution < -0.4 is 10.6 Å². The second-order valence-corrected chi connectivity index (χ2v) is 6.12. The highest BCUT2D eigenvalue weighted by Gasteiger charge is 2.23. The molecule has 2 amide bonds. The van der Waals surface area contributed by atoms with Crippen LogP contribution in [-0.2, 0) is 14.3 Å². The highest BCUT2D eigenvalue weighted by atomic mass is 16.6. The van der Waals surface area contributed by atoms with Crippen molar-refractivity contribution in [2.45, 2.75) is 58.6 Å². The maximum absolute atomic E-state index is 11.6. The third kappa shape index (κ3) is 12.3. The maximum atomic E-state index is 11.6. The van der Waals surface area contributed by atoms with Crippen molar-refractivity contribution in [2.24, 2.45) is 0 Å². The van der Waals surface area contributed by atoms with Gasteiger partial charge >= 0.3 is 18.2 Å². The number of aliphatic carboxylic acids is 1. The van der Waals surface area contributed by atoms with Gasteiger partial charge in [0.2, 0.25) is 0 Å². The Kier molecular flexibility index (Phi) is 10.3. The topological polar surface area (TPSA) is 114 Å². The summed E-state index contributed by atoms with van der Waals surface area (Å²) in [7, 11) is 0. The van der Waals surface area contributed by atoms with Crippen molar-refractivity contribution in [3.63, 3.8) is 0 Å². The number of carboxylic acid groups (broad SMARTS) is 1. The molecule has 1 atom stereocenters. The van der Waals surface area contributed by atoms with Crippen molar-refractivity contribution in [3.05, 3.63) is 12.2 Å². The van der Waals surface area contributed by atoms with Crippen LogP contribution in [0.4, 0.5) is 9.59 Å². The number of amides is 2. The Hall–Kier alpha value is -2.25. The Bertz CT molecular complexity index is 442. The lowest BCUT2D eigenvalue weighted by molar-refractivity contribution is -0.139. The third-order valence-electron chi connectivity index (χ3n) is 2.71. The van der Waals surface area contributed by atoms with E-state index in [1.807, 2.05) is 13.0 Å². The molecule has 0 aliphatic heterocycles. The number of ether oxygens (including phenoxy) is 2. The normalized spacial score (nSPS) is 12.5. The summed E-state index contributed by atoms with van der Waals surface area (Å²) in [5.41, 5.74) is -0.693. The molecule has 8 heteroatoms. The fraction of sp³-hybridized carbons (Fsp3) is 0.688. The first-order chi connectivity index (χ1) is 11.2. The van der Waals surface area contributed by atoms with E-state index in [0.29, 0.717) is 19.4 Å². The molecule has 0 saturated carbocycles. The van der Waals surface area contributed by atoms with E-state index in [-0.39, 0.29) is 13.0 Å². The second kappa shape index (κ2) is 11.3. The molecule has 0 unspecified atom stereocenters. The van der Waals surface area contributed by atoms with Crippen LogP contribution in [0.25, 0.3) is 0 Å². The standard InChI is InChI=1S/C16H28N2O6/c1-5-6-10-17-14(21)23-11-8-7-9-12(13(19)20)18-15(22)24-16(2,3)4/h5-6,12H,7-11H2,1-4H3,(H,17,21)(H,18,22)(H,19,20)/b6-5+/t12-/m0/s1. The van der Waals surface area contributed by atoms with Gasteiger partial charge in [0.15, 0.2) is 0 Å². The first kappa shape index (κ1) is 21.8. The largest absolute Gasteiger partial charge is 0.480 e. The van der Waals surface area contributed by atoms with Crippen LogP contribution in [0.3, 0.4) is 0 Å². The van der Waals surface area contributed by atoms with Gasteiger partial charge in [-0.2, -0.15) is 0 Å². The van der Waals surface area contributed by atoms with Crippen LogP contribution in [0.1, 0.15) is 47.0 Å².